The molecule has 0 bridgehead atoms. The molecule has 0 aliphatic carbocycles. The maximum Gasteiger partial charge on any atom is 0.152 e. The molecule has 2 aromatic carbocycles. The van der Waals surface area contributed by atoms with Crippen LogP contribution in [0.4, 0.5) is 11.4 Å². The molecular formula is C30H22N6S2. The molecule has 8 rings (SSSR count). The Balaban J connectivity index is 0.000000127. The zero-order valence-corrected chi connectivity index (χ0v) is 21.9. The van der Waals surface area contributed by atoms with Gasteiger partial charge in [0.1, 0.15) is 11.4 Å². The number of thiophene rings is 2. The summed E-state index contributed by atoms with van der Waals surface area (Å²) in [4.78, 5) is 17.8. The molecule has 0 spiro atoms. The molecule has 2 aliphatic rings. The van der Waals surface area contributed by atoms with E-state index in [-0.39, 0.29) is 0 Å². The van der Waals surface area contributed by atoms with Crippen molar-refractivity contribution in [3.05, 3.63) is 118 Å². The fourth-order valence-electron chi connectivity index (χ4n) is 4.58. The summed E-state index contributed by atoms with van der Waals surface area (Å²) < 4.78 is 2.59. The number of pyridine rings is 2. The van der Waals surface area contributed by atoms with Crippen LogP contribution in [0.15, 0.2) is 106 Å². The first-order valence-corrected chi connectivity index (χ1v) is 14.0. The Hall–Kier alpha value is -4.40. The van der Waals surface area contributed by atoms with Crippen LogP contribution in [0.3, 0.4) is 0 Å². The molecule has 0 radical (unpaired) electrons. The molecule has 0 saturated heterocycles. The normalized spacial score (nSPS) is 13.4. The van der Waals surface area contributed by atoms with Crippen molar-refractivity contribution in [2.75, 3.05) is 10.6 Å². The van der Waals surface area contributed by atoms with Gasteiger partial charge in [0.2, 0.25) is 0 Å². The van der Waals surface area contributed by atoms with Crippen molar-refractivity contribution in [3.63, 3.8) is 0 Å². The minimum absolute atomic E-state index is 0.714. The first-order valence-electron chi connectivity index (χ1n) is 12.3. The number of aliphatic imine (C=N–C) groups is 2. The first-order chi connectivity index (χ1) is 18.8. The SMILES string of the molecule is c1cnc2c(c1)CN=C2Nc1ccc2ccsc2c1.c1cnc2c(c1)CN=C2Nc1ccc2sccc2c1. The number of benzene rings is 2. The van der Waals surface area contributed by atoms with Crippen molar-refractivity contribution in [1.82, 2.24) is 9.97 Å². The van der Waals surface area contributed by atoms with E-state index in [2.05, 4.69) is 102 Å². The topological polar surface area (TPSA) is 74.6 Å². The minimum Gasteiger partial charge on any atom is -0.339 e. The zero-order valence-electron chi connectivity index (χ0n) is 20.3. The third-order valence-electron chi connectivity index (χ3n) is 6.48. The summed E-state index contributed by atoms with van der Waals surface area (Å²) in [6, 6.07) is 25.1. The summed E-state index contributed by atoms with van der Waals surface area (Å²) in [5.41, 5.74) is 6.42. The van der Waals surface area contributed by atoms with Crippen LogP contribution in [-0.4, -0.2) is 21.6 Å². The Morgan fingerprint density at radius 3 is 1.89 bits per heavy atom. The van der Waals surface area contributed by atoms with E-state index in [1.807, 2.05) is 24.5 Å². The average molecular weight is 531 g/mol. The molecule has 6 aromatic rings. The molecule has 4 aromatic heterocycles. The fourth-order valence-corrected chi connectivity index (χ4v) is 6.18. The Bertz CT molecular complexity index is 1710. The van der Waals surface area contributed by atoms with Crippen molar-refractivity contribution >= 4 is 65.9 Å². The van der Waals surface area contributed by atoms with Gasteiger partial charge >= 0.3 is 0 Å². The number of hydrogen-bond donors (Lipinski definition) is 2. The fraction of sp³-hybridized carbons (Fsp3) is 0.0667. The Morgan fingerprint density at radius 1 is 0.579 bits per heavy atom. The number of anilines is 2. The third kappa shape index (κ3) is 4.44. The summed E-state index contributed by atoms with van der Waals surface area (Å²) in [5.74, 6) is 1.73. The minimum atomic E-state index is 0.714. The van der Waals surface area contributed by atoms with Gasteiger partial charge in [-0.15, -0.1) is 22.7 Å². The Morgan fingerprint density at radius 2 is 1.18 bits per heavy atom. The van der Waals surface area contributed by atoms with Crippen molar-refractivity contribution < 1.29 is 0 Å². The monoisotopic (exact) mass is 530 g/mol. The predicted octanol–water partition coefficient (Wildman–Crippen LogP) is 7.34. The van der Waals surface area contributed by atoms with Gasteiger partial charge in [-0.1, -0.05) is 18.2 Å². The van der Waals surface area contributed by atoms with Crippen LogP contribution in [0.2, 0.25) is 0 Å². The number of rotatable bonds is 2. The molecule has 0 saturated carbocycles. The van der Waals surface area contributed by atoms with E-state index < -0.39 is 0 Å². The quantitative estimate of drug-likeness (QED) is 0.246. The van der Waals surface area contributed by atoms with E-state index >= 15 is 0 Å². The molecule has 184 valence electrons. The molecule has 6 nitrogen and oxygen atoms in total. The van der Waals surface area contributed by atoms with Gasteiger partial charge in [0.05, 0.1) is 13.1 Å². The standard InChI is InChI=1S/2C15H11N3S/c1-2-11-9-17-15(14(11)16-6-1)18-12-3-4-13-10(8-12)5-7-19-13;1-2-11-9-17-15(14(11)16-6-1)18-12-4-3-10-5-7-19-13(10)8-12/h2*1-8H,9H2,(H,17,18). The lowest BCUT2D eigenvalue weighted by Gasteiger charge is -2.06. The van der Waals surface area contributed by atoms with E-state index in [1.165, 1.54) is 31.3 Å². The first kappa shape index (κ1) is 22.8. The molecule has 0 atom stereocenters. The second-order valence-electron chi connectivity index (χ2n) is 8.95. The number of nitrogens with one attached hydrogen (secondary N) is 2. The number of hydrogen-bond acceptors (Lipinski definition) is 8. The van der Waals surface area contributed by atoms with Crippen molar-refractivity contribution in [1.29, 1.82) is 0 Å². The maximum atomic E-state index is 4.51. The number of fused-ring (bicyclic) bond motifs is 4. The molecule has 0 unspecified atom stereocenters. The molecule has 0 amide bonds. The second kappa shape index (κ2) is 9.81. The van der Waals surface area contributed by atoms with Crippen LogP contribution in [0, 0.1) is 0 Å². The number of aromatic nitrogens is 2. The largest absolute Gasteiger partial charge is 0.339 e. The molecular weight excluding hydrogens is 509 g/mol. The molecule has 2 aliphatic heterocycles. The summed E-state index contributed by atoms with van der Waals surface area (Å²) in [5, 5.41) is 13.5. The summed E-state index contributed by atoms with van der Waals surface area (Å²) >= 11 is 3.51. The van der Waals surface area contributed by atoms with E-state index in [1.54, 1.807) is 22.7 Å². The van der Waals surface area contributed by atoms with Gasteiger partial charge in [-0.2, -0.15) is 0 Å². The lowest BCUT2D eigenvalue weighted by Crippen LogP contribution is -2.12. The van der Waals surface area contributed by atoms with Crippen LogP contribution >= 0.6 is 22.7 Å². The molecule has 8 heteroatoms. The van der Waals surface area contributed by atoms with E-state index in [9.17, 15) is 0 Å². The number of nitrogens with zero attached hydrogens (tertiary/aromatic N) is 4. The zero-order chi connectivity index (χ0) is 25.3. The lowest BCUT2D eigenvalue weighted by molar-refractivity contribution is 1.09. The average Bonchev–Trinajstić information content (AvgIpc) is 3.76. The van der Waals surface area contributed by atoms with E-state index in [0.29, 0.717) is 13.1 Å². The molecule has 38 heavy (non-hydrogen) atoms. The van der Waals surface area contributed by atoms with Gasteiger partial charge in [0.25, 0.3) is 0 Å². The highest BCUT2D eigenvalue weighted by Crippen LogP contribution is 2.27. The van der Waals surface area contributed by atoms with Crippen LogP contribution in [0.25, 0.3) is 20.2 Å². The van der Waals surface area contributed by atoms with Gasteiger partial charge in [-0.25, -0.2) is 0 Å². The number of amidine groups is 2. The Kier molecular flexibility index (Phi) is 5.88. The highest BCUT2D eigenvalue weighted by molar-refractivity contribution is 7.17. The Labute approximate surface area is 227 Å². The van der Waals surface area contributed by atoms with Crippen LogP contribution in [0.5, 0.6) is 0 Å². The van der Waals surface area contributed by atoms with E-state index in [0.717, 1.165) is 34.4 Å². The highest BCUT2D eigenvalue weighted by Gasteiger charge is 2.17. The molecule has 0 fully saturated rings. The van der Waals surface area contributed by atoms with Gasteiger partial charge < -0.3 is 10.6 Å². The highest BCUT2D eigenvalue weighted by atomic mass is 32.1. The van der Waals surface area contributed by atoms with Crippen LogP contribution < -0.4 is 10.6 Å². The lowest BCUT2D eigenvalue weighted by atomic mass is 10.2. The predicted molar refractivity (Wildman–Crippen MR) is 160 cm³/mol. The van der Waals surface area contributed by atoms with Crippen molar-refractivity contribution in [3.8, 4) is 0 Å². The summed E-state index contributed by atoms with van der Waals surface area (Å²) in [7, 11) is 0. The van der Waals surface area contributed by atoms with Gasteiger partial charge in [0.15, 0.2) is 11.7 Å². The van der Waals surface area contributed by atoms with Crippen LogP contribution in [-0.2, 0) is 13.1 Å². The maximum absolute atomic E-state index is 4.51. The summed E-state index contributed by atoms with van der Waals surface area (Å²) in [6.45, 7) is 1.43. The molecule has 2 N–H and O–H groups in total. The second-order valence-corrected chi connectivity index (χ2v) is 10.8. The third-order valence-corrected chi connectivity index (χ3v) is 8.26. The molecule has 6 heterocycles. The van der Waals surface area contributed by atoms with Gasteiger partial charge in [0, 0.05) is 44.3 Å². The van der Waals surface area contributed by atoms with Crippen molar-refractivity contribution in [2.45, 2.75) is 13.1 Å². The van der Waals surface area contributed by atoms with Crippen LogP contribution in [0.1, 0.15) is 22.5 Å². The van der Waals surface area contributed by atoms with Crippen molar-refractivity contribution in [2.24, 2.45) is 9.98 Å². The van der Waals surface area contributed by atoms with Gasteiger partial charge in [-0.3, -0.25) is 20.0 Å². The van der Waals surface area contributed by atoms with E-state index in [4.69, 9.17) is 0 Å². The smallest absolute Gasteiger partial charge is 0.152 e. The van der Waals surface area contributed by atoms with Gasteiger partial charge in [-0.05, 0) is 76.1 Å². The summed E-state index contributed by atoms with van der Waals surface area (Å²) in [6.07, 6.45) is 3.62.